The van der Waals surface area contributed by atoms with E-state index in [-0.39, 0.29) is 5.60 Å². The summed E-state index contributed by atoms with van der Waals surface area (Å²) < 4.78 is 34.6. The zero-order valence-electron chi connectivity index (χ0n) is 16.2. The highest BCUT2D eigenvalue weighted by Gasteiger charge is 2.51. The third-order valence-corrected chi connectivity index (χ3v) is 8.42. The Morgan fingerprint density at radius 3 is 2.00 bits per heavy atom. The molecule has 1 aromatic rings. The molecule has 5 rings (SSSR count). The van der Waals surface area contributed by atoms with Gasteiger partial charge in [-0.05, 0) is 88.2 Å². The number of hydrogen-bond acceptors (Lipinski definition) is 3. The molecule has 0 saturated heterocycles. The van der Waals surface area contributed by atoms with Crippen LogP contribution < -0.4 is 4.72 Å². The van der Waals surface area contributed by atoms with Crippen molar-refractivity contribution in [2.24, 2.45) is 17.8 Å². The van der Waals surface area contributed by atoms with E-state index in [9.17, 15) is 8.42 Å². The molecule has 4 fully saturated rings. The van der Waals surface area contributed by atoms with Gasteiger partial charge in [-0.2, -0.15) is 0 Å². The number of nitrogens with one attached hydrogen (secondary N) is 1. The summed E-state index contributed by atoms with van der Waals surface area (Å²) in [5.41, 5.74) is 2.73. The van der Waals surface area contributed by atoms with Crippen LogP contribution in [0.1, 0.15) is 55.2 Å². The van der Waals surface area contributed by atoms with Gasteiger partial charge >= 0.3 is 0 Å². The predicted molar refractivity (Wildman–Crippen MR) is 103 cm³/mol. The van der Waals surface area contributed by atoms with Crippen LogP contribution in [-0.4, -0.2) is 27.2 Å². The summed E-state index contributed by atoms with van der Waals surface area (Å²) in [6.45, 7) is 6.52. The van der Waals surface area contributed by atoms with E-state index in [1.54, 1.807) is 0 Å². The first kappa shape index (κ1) is 18.5. The summed E-state index contributed by atoms with van der Waals surface area (Å²) >= 11 is 0. The van der Waals surface area contributed by atoms with Crippen molar-refractivity contribution >= 4 is 10.0 Å². The lowest BCUT2D eigenvalue weighted by Gasteiger charge is -2.56. The molecule has 1 aromatic carbocycles. The maximum Gasteiger partial charge on any atom is 0.241 e. The first-order chi connectivity index (χ1) is 12.3. The molecule has 4 saturated carbocycles. The topological polar surface area (TPSA) is 55.4 Å². The fourth-order valence-electron chi connectivity index (χ4n) is 6.31. The number of aryl methyl sites for hydroxylation is 3. The van der Waals surface area contributed by atoms with Gasteiger partial charge in [0.1, 0.15) is 0 Å². The minimum atomic E-state index is -3.50. The summed E-state index contributed by atoms with van der Waals surface area (Å²) in [4.78, 5) is 0.415. The maximum atomic E-state index is 12.7. The molecule has 144 valence electrons. The van der Waals surface area contributed by atoms with Crippen molar-refractivity contribution in [1.29, 1.82) is 0 Å². The zero-order chi connectivity index (χ0) is 18.5. The molecule has 4 aliphatic rings. The first-order valence-electron chi connectivity index (χ1n) is 9.98. The Morgan fingerprint density at radius 2 is 1.50 bits per heavy atom. The Morgan fingerprint density at radius 1 is 1.00 bits per heavy atom. The van der Waals surface area contributed by atoms with E-state index < -0.39 is 10.0 Å². The van der Waals surface area contributed by atoms with Crippen molar-refractivity contribution in [3.63, 3.8) is 0 Å². The Bertz CT molecular complexity index is 741. The van der Waals surface area contributed by atoms with Crippen LogP contribution in [-0.2, 0) is 14.8 Å². The van der Waals surface area contributed by atoms with Crippen molar-refractivity contribution in [2.75, 3.05) is 13.2 Å². The molecular formula is C21H31NO3S. The van der Waals surface area contributed by atoms with Gasteiger partial charge in [-0.1, -0.05) is 17.7 Å². The molecule has 0 atom stereocenters. The summed E-state index contributed by atoms with van der Waals surface area (Å²) in [6.07, 6.45) is 7.72. The van der Waals surface area contributed by atoms with E-state index >= 15 is 0 Å². The van der Waals surface area contributed by atoms with E-state index in [0.29, 0.717) is 18.0 Å². The average molecular weight is 378 g/mol. The van der Waals surface area contributed by atoms with Crippen molar-refractivity contribution in [1.82, 2.24) is 4.72 Å². The van der Waals surface area contributed by atoms with Gasteiger partial charge in [0.05, 0.1) is 17.1 Å². The third-order valence-electron chi connectivity index (χ3n) is 6.66. The van der Waals surface area contributed by atoms with E-state index in [1.807, 2.05) is 32.9 Å². The molecule has 0 aromatic heterocycles. The Hall–Kier alpha value is -0.910. The SMILES string of the molecule is Cc1cc(C)c(S(=O)(=O)NCCOC23CC4CC(CC(C4)C2)C3)c(C)c1. The number of benzene rings is 1. The van der Waals surface area contributed by atoms with Crippen LogP contribution in [0, 0.1) is 38.5 Å². The quantitative estimate of drug-likeness (QED) is 0.766. The highest BCUT2D eigenvalue weighted by molar-refractivity contribution is 7.89. The number of sulfonamides is 1. The summed E-state index contributed by atoms with van der Waals surface area (Å²) in [7, 11) is -3.50. The standard InChI is InChI=1S/C21H31NO3S/c1-14-6-15(2)20(16(3)7-14)26(23,24)22-4-5-25-21-11-17-8-18(12-21)10-19(9-17)13-21/h6-7,17-19,22H,4-5,8-13H2,1-3H3. The Kier molecular flexibility index (Phi) is 4.69. The van der Waals surface area contributed by atoms with Gasteiger partial charge in [-0.3, -0.25) is 0 Å². The molecule has 0 aliphatic heterocycles. The van der Waals surface area contributed by atoms with Crippen molar-refractivity contribution in [3.8, 4) is 0 Å². The molecule has 26 heavy (non-hydrogen) atoms. The van der Waals surface area contributed by atoms with Gasteiger partial charge in [0.15, 0.2) is 0 Å². The molecule has 0 unspecified atom stereocenters. The second kappa shape index (κ2) is 6.61. The Balaban J connectivity index is 1.36. The zero-order valence-corrected chi connectivity index (χ0v) is 17.0. The van der Waals surface area contributed by atoms with Crippen LogP contribution in [0.5, 0.6) is 0 Å². The van der Waals surface area contributed by atoms with Crippen molar-refractivity contribution in [3.05, 3.63) is 28.8 Å². The number of ether oxygens (including phenoxy) is 1. The minimum Gasteiger partial charge on any atom is -0.374 e. The van der Waals surface area contributed by atoms with Crippen LogP contribution >= 0.6 is 0 Å². The highest BCUT2D eigenvalue weighted by Crippen LogP contribution is 2.57. The van der Waals surface area contributed by atoms with Gasteiger partial charge in [-0.15, -0.1) is 0 Å². The molecule has 4 nitrogen and oxygen atoms in total. The molecule has 0 amide bonds. The first-order valence-corrected chi connectivity index (χ1v) is 11.5. The molecule has 0 spiro atoms. The lowest BCUT2D eigenvalue weighted by atomic mass is 9.54. The maximum absolute atomic E-state index is 12.7. The monoisotopic (exact) mass is 377 g/mol. The smallest absolute Gasteiger partial charge is 0.241 e. The summed E-state index contributed by atoms with van der Waals surface area (Å²) in [5, 5.41) is 0. The van der Waals surface area contributed by atoms with Gasteiger partial charge in [0.25, 0.3) is 0 Å². The number of rotatable bonds is 6. The van der Waals surface area contributed by atoms with Crippen LogP contribution in [0.25, 0.3) is 0 Å². The van der Waals surface area contributed by atoms with Gasteiger partial charge in [0.2, 0.25) is 10.0 Å². The number of hydrogen-bond donors (Lipinski definition) is 1. The Labute approximate surface area is 157 Å². The fourth-order valence-corrected chi connectivity index (χ4v) is 7.78. The second-order valence-corrected chi connectivity index (χ2v) is 10.8. The lowest BCUT2D eigenvalue weighted by Crippen LogP contribution is -2.52. The van der Waals surface area contributed by atoms with Crippen LogP contribution in [0.3, 0.4) is 0 Å². The van der Waals surface area contributed by atoms with Crippen LogP contribution in [0.2, 0.25) is 0 Å². The van der Waals surface area contributed by atoms with Crippen molar-refractivity contribution in [2.45, 2.75) is 69.8 Å². The van der Waals surface area contributed by atoms with E-state index in [0.717, 1.165) is 34.4 Å². The van der Waals surface area contributed by atoms with Crippen molar-refractivity contribution < 1.29 is 13.2 Å². The third kappa shape index (κ3) is 3.46. The largest absolute Gasteiger partial charge is 0.374 e. The van der Waals surface area contributed by atoms with E-state index in [2.05, 4.69) is 4.72 Å². The molecule has 0 heterocycles. The van der Waals surface area contributed by atoms with Gasteiger partial charge in [0, 0.05) is 6.54 Å². The molecular weight excluding hydrogens is 346 g/mol. The van der Waals surface area contributed by atoms with Crippen LogP contribution in [0.15, 0.2) is 17.0 Å². The molecule has 4 bridgehead atoms. The fraction of sp³-hybridized carbons (Fsp3) is 0.714. The molecule has 5 heteroatoms. The van der Waals surface area contributed by atoms with E-state index in [4.69, 9.17) is 4.74 Å². The van der Waals surface area contributed by atoms with Gasteiger partial charge < -0.3 is 4.74 Å². The lowest BCUT2D eigenvalue weighted by molar-refractivity contribution is -0.160. The molecule has 0 radical (unpaired) electrons. The average Bonchev–Trinajstić information content (AvgIpc) is 2.49. The van der Waals surface area contributed by atoms with E-state index in [1.165, 1.54) is 38.5 Å². The van der Waals surface area contributed by atoms with Crippen LogP contribution in [0.4, 0.5) is 0 Å². The molecule has 4 aliphatic carbocycles. The molecule has 1 N–H and O–H groups in total. The highest BCUT2D eigenvalue weighted by atomic mass is 32.2. The minimum absolute atomic E-state index is 0.0376. The summed E-state index contributed by atoms with van der Waals surface area (Å²) in [5.74, 6) is 2.53. The normalized spacial score (nSPS) is 33.0. The predicted octanol–water partition coefficient (Wildman–Crippen LogP) is 3.88. The summed E-state index contributed by atoms with van der Waals surface area (Å²) in [6, 6.07) is 3.85. The van der Waals surface area contributed by atoms with Gasteiger partial charge in [-0.25, -0.2) is 13.1 Å². The second-order valence-electron chi connectivity index (χ2n) is 9.07.